The quantitative estimate of drug-likeness (QED) is 0.916. The number of rotatable bonds is 3. The fraction of sp³-hybridized carbons (Fsp3) is 0.562. The normalized spacial score (nSPS) is 20.8. The van der Waals surface area contributed by atoms with Crippen molar-refractivity contribution in [1.29, 1.82) is 5.26 Å². The Hall–Kier alpha value is -1.57. The van der Waals surface area contributed by atoms with Crippen LogP contribution in [0.25, 0.3) is 0 Å². The Balaban J connectivity index is 2.32. The lowest BCUT2D eigenvalue weighted by Gasteiger charge is -2.38. The molecule has 1 saturated heterocycles. The van der Waals surface area contributed by atoms with Crippen LogP contribution in [0.5, 0.6) is 0 Å². The summed E-state index contributed by atoms with van der Waals surface area (Å²) in [5.41, 5.74) is 2.56. The standard InChI is InChI=1S/C16H23N3O/c1-12(20)15-7-6-13(10-17)9-16(15)19-8-4-5-14(11-19)18(2)3/h6-7,9,12,14,20H,4-5,8,11H2,1-3H3/t12-,14?/m0/s1. The highest BCUT2D eigenvalue weighted by Crippen LogP contribution is 2.30. The second kappa shape index (κ2) is 6.25. The minimum atomic E-state index is -0.516. The highest BCUT2D eigenvalue weighted by Gasteiger charge is 2.24. The van der Waals surface area contributed by atoms with Crippen molar-refractivity contribution in [3.8, 4) is 6.07 Å². The third-order valence-electron chi connectivity index (χ3n) is 4.08. The van der Waals surface area contributed by atoms with E-state index in [9.17, 15) is 5.11 Å². The van der Waals surface area contributed by atoms with Crippen LogP contribution < -0.4 is 4.90 Å². The van der Waals surface area contributed by atoms with Crippen molar-refractivity contribution < 1.29 is 5.11 Å². The van der Waals surface area contributed by atoms with Gasteiger partial charge in [-0.15, -0.1) is 0 Å². The Kier molecular flexibility index (Phi) is 4.64. The SMILES string of the molecule is C[C@H](O)c1ccc(C#N)cc1N1CCCC(N(C)C)C1. The van der Waals surface area contributed by atoms with E-state index in [0.717, 1.165) is 30.8 Å². The molecule has 1 unspecified atom stereocenters. The molecule has 1 heterocycles. The molecule has 0 spiro atoms. The van der Waals surface area contributed by atoms with Crippen molar-refractivity contribution >= 4 is 5.69 Å². The van der Waals surface area contributed by atoms with E-state index in [4.69, 9.17) is 5.26 Å². The van der Waals surface area contributed by atoms with Crippen molar-refractivity contribution in [3.05, 3.63) is 29.3 Å². The Labute approximate surface area is 121 Å². The number of benzene rings is 1. The number of piperidine rings is 1. The van der Waals surface area contributed by atoms with Crippen molar-refractivity contribution in [2.24, 2.45) is 0 Å². The van der Waals surface area contributed by atoms with Gasteiger partial charge in [-0.05, 0) is 46.0 Å². The van der Waals surface area contributed by atoms with Gasteiger partial charge < -0.3 is 14.9 Å². The number of anilines is 1. The topological polar surface area (TPSA) is 50.5 Å². The van der Waals surface area contributed by atoms with E-state index in [-0.39, 0.29) is 0 Å². The summed E-state index contributed by atoms with van der Waals surface area (Å²) < 4.78 is 0. The molecule has 2 rings (SSSR count). The van der Waals surface area contributed by atoms with Crippen LogP contribution in [0.2, 0.25) is 0 Å². The van der Waals surface area contributed by atoms with Crippen LogP contribution in [-0.4, -0.2) is 43.2 Å². The molecule has 4 heteroatoms. The van der Waals surface area contributed by atoms with Gasteiger partial charge in [0.25, 0.3) is 0 Å². The minimum Gasteiger partial charge on any atom is -0.389 e. The number of nitriles is 1. The molecule has 0 saturated carbocycles. The van der Waals surface area contributed by atoms with Gasteiger partial charge in [0.05, 0.1) is 17.7 Å². The molecule has 0 bridgehead atoms. The van der Waals surface area contributed by atoms with Gasteiger partial charge in [-0.3, -0.25) is 0 Å². The van der Waals surface area contributed by atoms with E-state index in [0.29, 0.717) is 11.6 Å². The maximum Gasteiger partial charge on any atom is 0.0992 e. The van der Waals surface area contributed by atoms with Crippen LogP contribution in [-0.2, 0) is 0 Å². The molecule has 0 amide bonds. The molecule has 2 atom stereocenters. The largest absolute Gasteiger partial charge is 0.389 e. The molecule has 4 nitrogen and oxygen atoms in total. The zero-order valence-corrected chi connectivity index (χ0v) is 12.5. The van der Waals surface area contributed by atoms with Crippen molar-refractivity contribution in [2.45, 2.75) is 31.9 Å². The van der Waals surface area contributed by atoms with E-state index >= 15 is 0 Å². The third kappa shape index (κ3) is 3.12. The highest BCUT2D eigenvalue weighted by molar-refractivity contribution is 5.59. The molecule has 1 fully saturated rings. The first kappa shape index (κ1) is 14.8. The van der Waals surface area contributed by atoms with Crippen LogP contribution in [0, 0.1) is 11.3 Å². The molecule has 0 radical (unpaired) electrons. The van der Waals surface area contributed by atoms with Gasteiger partial charge in [0, 0.05) is 30.4 Å². The lowest BCUT2D eigenvalue weighted by Crippen LogP contribution is -2.45. The first-order valence-electron chi connectivity index (χ1n) is 7.16. The number of aliphatic hydroxyl groups is 1. The Bertz CT molecular complexity index is 505. The fourth-order valence-corrected chi connectivity index (χ4v) is 2.84. The van der Waals surface area contributed by atoms with E-state index < -0.39 is 6.10 Å². The van der Waals surface area contributed by atoms with Gasteiger partial charge in [0.1, 0.15) is 0 Å². The Morgan fingerprint density at radius 2 is 2.20 bits per heavy atom. The second-order valence-electron chi connectivity index (χ2n) is 5.77. The first-order valence-corrected chi connectivity index (χ1v) is 7.16. The monoisotopic (exact) mass is 273 g/mol. The summed E-state index contributed by atoms with van der Waals surface area (Å²) in [6.45, 7) is 3.71. The predicted molar refractivity (Wildman–Crippen MR) is 80.7 cm³/mol. The van der Waals surface area contributed by atoms with Crippen molar-refractivity contribution in [3.63, 3.8) is 0 Å². The number of hydrogen-bond acceptors (Lipinski definition) is 4. The van der Waals surface area contributed by atoms with Gasteiger partial charge >= 0.3 is 0 Å². The van der Waals surface area contributed by atoms with Crippen LogP contribution >= 0.6 is 0 Å². The number of nitrogens with zero attached hydrogens (tertiary/aromatic N) is 3. The molecule has 108 valence electrons. The number of aliphatic hydroxyl groups excluding tert-OH is 1. The molecule has 0 aliphatic carbocycles. The van der Waals surface area contributed by atoms with Gasteiger partial charge in [0.15, 0.2) is 0 Å². The molecule has 1 aliphatic rings. The molecule has 1 N–H and O–H groups in total. The summed E-state index contributed by atoms with van der Waals surface area (Å²) in [5, 5.41) is 19.0. The van der Waals surface area contributed by atoms with Crippen molar-refractivity contribution in [2.75, 3.05) is 32.1 Å². The minimum absolute atomic E-state index is 0.516. The Morgan fingerprint density at radius 3 is 2.80 bits per heavy atom. The summed E-state index contributed by atoms with van der Waals surface area (Å²) in [5.74, 6) is 0. The smallest absolute Gasteiger partial charge is 0.0992 e. The van der Waals surface area contributed by atoms with Crippen molar-refractivity contribution in [1.82, 2.24) is 4.90 Å². The predicted octanol–water partition coefficient (Wildman–Crippen LogP) is 2.14. The molecule has 20 heavy (non-hydrogen) atoms. The summed E-state index contributed by atoms with van der Waals surface area (Å²) >= 11 is 0. The average Bonchev–Trinajstić information content (AvgIpc) is 2.46. The van der Waals surface area contributed by atoms with Crippen LogP contribution in [0.15, 0.2) is 18.2 Å². The van der Waals surface area contributed by atoms with Crippen LogP contribution in [0.3, 0.4) is 0 Å². The molecular formula is C16H23N3O. The van der Waals surface area contributed by atoms with Crippen LogP contribution in [0.1, 0.15) is 37.0 Å². The summed E-state index contributed by atoms with van der Waals surface area (Å²) in [7, 11) is 4.21. The van der Waals surface area contributed by atoms with Gasteiger partial charge in [-0.25, -0.2) is 0 Å². The molecular weight excluding hydrogens is 250 g/mol. The van der Waals surface area contributed by atoms with Gasteiger partial charge in [-0.2, -0.15) is 5.26 Å². The fourth-order valence-electron chi connectivity index (χ4n) is 2.84. The average molecular weight is 273 g/mol. The van der Waals surface area contributed by atoms with E-state index in [1.165, 1.54) is 6.42 Å². The van der Waals surface area contributed by atoms with Crippen LogP contribution in [0.4, 0.5) is 5.69 Å². The maximum atomic E-state index is 9.95. The van der Waals surface area contributed by atoms with Gasteiger partial charge in [0.2, 0.25) is 0 Å². The summed E-state index contributed by atoms with van der Waals surface area (Å²) in [4.78, 5) is 4.55. The maximum absolute atomic E-state index is 9.95. The Morgan fingerprint density at radius 1 is 1.45 bits per heavy atom. The zero-order chi connectivity index (χ0) is 14.7. The molecule has 1 aliphatic heterocycles. The second-order valence-corrected chi connectivity index (χ2v) is 5.77. The summed E-state index contributed by atoms with van der Waals surface area (Å²) in [6, 6.07) is 8.26. The van der Waals surface area contributed by atoms with E-state index in [2.05, 4.69) is 30.0 Å². The number of likely N-dealkylation sites (N-methyl/N-ethyl adjacent to an activating group) is 1. The molecule has 1 aromatic rings. The lowest BCUT2D eigenvalue weighted by atomic mass is 9.99. The highest BCUT2D eigenvalue weighted by atomic mass is 16.3. The third-order valence-corrected chi connectivity index (χ3v) is 4.08. The summed E-state index contributed by atoms with van der Waals surface area (Å²) in [6.07, 6.45) is 1.82. The van der Waals surface area contributed by atoms with Gasteiger partial charge in [-0.1, -0.05) is 6.07 Å². The van der Waals surface area contributed by atoms with E-state index in [1.807, 2.05) is 12.1 Å². The van der Waals surface area contributed by atoms with E-state index in [1.54, 1.807) is 13.0 Å². The zero-order valence-electron chi connectivity index (χ0n) is 12.5. The first-order chi connectivity index (χ1) is 9.52. The number of hydrogen-bond donors (Lipinski definition) is 1. The lowest BCUT2D eigenvalue weighted by molar-refractivity contribution is 0.199. The molecule has 0 aromatic heterocycles. The molecule has 1 aromatic carbocycles.